The van der Waals surface area contributed by atoms with Crippen molar-refractivity contribution in [2.75, 3.05) is 31.5 Å². The fourth-order valence-electron chi connectivity index (χ4n) is 3.14. The third-order valence-corrected chi connectivity index (χ3v) is 4.68. The van der Waals surface area contributed by atoms with E-state index in [1.807, 2.05) is 0 Å². The van der Waals surface area contributed by atoms with E-state index in [2.05, 4.69) is 41.3 Å². The highest BCUT2D eigenvalue weighted by atomic mass is 16.2. The van der Waals surface area contributed by atoms with Gasteiger partial charge >= 0.3 is 6.03 Å². The average molecular weight is 358 g/mol. The van der Waals surface area contributed by atoms with Crippen molar-refractivity contribution < 1.29 is 9.59 Å². The second-order valence-corrected chi connectivity index (χ2v) is 7.00. The Kier molecular flexibility index (Phi) is 7.66. The lowest BCUT2D eigenvalue weighted by atomic mass is 9.99. The van der Waals surface area contributed by atoms with Crippen LogP contribution in [-0.2, 0) is 0 Å². The highest BCUT2D eigenvalue weighted by molar-refractivity contribution is 5.95. The van der Waals surface area contributed by atoms with Crippen molar-refractivity contribution >= 4 is 17.6 Å². The van der Waals surface area contributed by atoms with Crippen LogP contribution in [0.2, 0.25) is 0 Å². The standard InChI is InChI=1S/C20H30N4O2/c1-4-11-21-19(25)17-7-9-18(10-8-17)23-20(26)22-13-16(3)24-12-5-6-15(2)14-24/h4,7-10,15-16H,1,5-6,11-14H2,2-3H3,(H,21,25)(H2,22,23,26). The summed E-state index contributed by atoms with van der Waals surface area (Å²) >= 11 is 0. The Balaban J connectivity index is 1.76. The predicted molar refractivity (Wildman–Crippen MR) is 105 cm³/mol. The van der Waals surface area contributed by atoms with Crippen LogP contribution in [0, 0.1) is 5.92 Å². The molecule has 1 fully saturated rings. The Bertz CT molecular complexity index is 615. The van der Waals surface area contributed by atoms with Gasteiger partial charge in [-0.2, -0.15) is 0 Å². The van der Waals surface area contributed by atoms with Crippen LogP contribution < -0.4 is 16.0 Å². The third kappa shape index (κ3) is 6.19. The molecule has 6 nitrogen and oxygen atoms in total. The van der Waals surface area contributed by atoms with E-state index in [-0.39, 0.29) is 11.9 Å². The van der Waals surface area contributed by atoms with Gasteiger partial charge in [-0.1, -0.05) is 13.0 Å². The zero-order valence-corrected chi connectivity index (χ0v) is 15.8. The molecule has 0 saturated carbocycles. The third-order valence-electron chi connectivity index (χ3n) is 4.68. The number of benzene rings is 1. The van der Waals surface area contributed by atoms with Gasteiger partial charge in [0.2, 0.25) is 0 Å². The molecule has 2 unspecified atom stereocenters. The van der Waals surface area contributed by atoms with Crippen LogP contribution in [0.15, 0.2) is 36.9 Å². The Hall–Kier alpha value is -2.34. The van der Waals surface area contributed by atoms with Crippen molar-refractivity contribution in [3.63, 3.8) is 0 Å². The number of hydrogen-bond donors (Lipinski definition) is 3. The molecule has 2 atom stereocenters. The molecule has 2 rings (SSSR count). The molecule has 0 bridgehead atoms. The molecule has 1 aromatic rings. The Morgan fingerprint density at radius 2 is 2.04 bits per heavy atom. The van der Waals surface area contributed by atoms with Crippen LogP contribution in [0.4, 0.5) is 10.5 Å². The first kappa shape index (κ1) is 20.0. The Labute approximate surface area is 156 Å². The highest BCUT2D eigenvalue weighted by Gasteiger charge is 2.21. The molecule has 3 amide bonds. The van der Waals surface area contributed by atoms with E-state index >= 15 is 0 Å². The minimum atomic E-state index is -0.231. The number of anilines is 1. The van der Waals surface area contributed by atoms with E-state index in [1.165, 1.54) is 12.8 Å². The fraction of sp³-hybridized carbons (Fsp3) is 0.500. The van der Waals surface area contributed by atoms with E-state index in [1.54, 1.807) is 30.3 Å². The molecular weight excluding hydrogens is 328 g/mol. The molecule has 1 heterocycles. The smallest absolute Gasteiger partial charge is 0.319 e. The fourth-order valence-corrected chi connectivity index (χ4v) is 3.14. The van der Waals surface area contributed by atoms with Crippen molar-refractivity contribution in [3.05, 3.63) is 42.5 Å². The summed E-state index contributed by atoms with van der Waals surface area (Å²) in [5.41, 5.74) is 1.20. The van der Waals surface area contributed by atoms with Gasteiger partial charge in [0.05, 0.1) is 0 Å². The van der Waals surface area contributed by atoms with Crippen molar-refractivity contribution in [1.29, 1.82) is 0 Å². The van der Waals surface area contributed by atoms with Crippen molar-refractivity contribution in [1.82, 2.24) is 15.5 Å². The van der Waals surface area contributed by atoms with E-state index in [0.29, 0.717) is 30.4 Å². The summed E-state index contributed by atoms with van der Waals surface area (Å²) in [5.74, 6) is 0.563. The quantitative estimate of drug-likeness (QED) is 0.656. The van der Waals surface area contributed by atoms with Gasteiger partial charge in [0.25, 0.3) is 5.91 Å². The molecule has 26 heavy (non-hydrogen) atoms. The monoisotopic (exact) mass is 358 g/mol. The number of nitrogens with zero attached hydrogens (tertiary/aromatic N) is 1. The van der Waals surface area contributed by atoms with Gasteiger partial charge < -0.3 is 16.0 Å². The van der Waals surface area contributed by atoms with Crippen LogP contribution in [0.5, 0.6) is 0 Å². The van der Waals surface area contributed by atoms with Gasteiger partial charge in [-0.15, -0.1) is 6.58 Å². The number of rotatable bonds is 7. The summed E-state index contributed by atoms with van der Waals surface area (Å²) in [6.07, 6.45) is 4.15. The molecule has 142 valence electrons. The maximum Gasteiger partial charge on any atom is 0.319 e. The van der Waals surface area contributed by atoms with Gasteiger partial charge in [0.15, 0.2) is 0 Å². The maximum atomic E-state index is 12.1. The van der Waals surface area contributed by atoms with Crippen LogP contribution >= 0.6 is 0 Å². The molecule has 0 aliphatic carbocycles. The van der Waals surface area contributed by atoms with Crippen LogP contribution in [0.25, 0.3) is 0 Å². The molecule has 1 aromatic carbocycles. The van der Waals surface area contributed by atoms with Crippen molar-refractivity contribution in [3.8, 4) is 0 Å². The van der Waals surface area contributed by atoms with E-state index in [9.17, 15) is 9.59 Å². The predicted octanol–water partition coefficient (Wildman–Crippen LogP) is 2.84. The zero-order chi connectivity index (χ0) is 18.9. The van der Waals surface area contributed by atoms with Gasteiger partial charge in [0, 0.05) is 36.9 Å². The molecule has 1 aliphatic rings. The first-order valence-electron chi connectivity index (χ1n) is 9.27. The minimum Gasteiger partial charge on any atom is -0.349 e. The summed E-state index contributed by atoms with van der Waals surface area (Å²) < 4.78 is 0. The summed E-state index contributed by atoms with van der Waals surface area (Å²) in [4.78, 5) is 26.4. The SMILES string of the molecule is C=CCNC(=O)c1ccc(NC(=O)NCC(C)N2CCCC(C)C2)cc1. The van der Waals surface area contributed by atoms with Gasteiger partial charge in [-0.25, -0.2) is 4.79 Å². The largest absolute Gasteiger partial charge is 0.349 e. The Morgan fingerprint density at radius 3 is 2.69 bits per heavy atom. The summed E-state index contributed by atoms with van der Waals surface area (Å²) in [6.45, 7) is 11.2. The number of hydrogen-bond acceptors (Lipinski definition) is 3. The molecule has 0 spiro atoms. The Morgan fingerprint density at radius 1 is 1.31 bits per heavy atom. The second-order valence-electron chi connectivity index (χ2n) is 7.00. The van der Waals surface area contributed by atoms with Crippen molar-refractivity contribution in [2.45, 2.75) is 32.7 Å². The number of nitrogens with one attached hydrogen (secondary N) is 3. The van der Waals surface area contributed by atoms with Gasteiger partial charge in [-0.3, -0.25) is 9.69 Å². The molecule has 0 aromatic heterocycles. The maximum absolute atomic E-state index is 12.1. The molecule has 0 radical (unpaired) electrons. The summed E-state index contributed by atoms with van der Waals surface area (Å²) in [5, 5.41) is 8.44. The van der Waals surface area contributed by atoms with E-state index in [0.717, 1.165) is 19.0 Å². The molecule has 1 saturated heterocycles. The second kappa shape index (κ2) is 9.97. The summed E-state index contributed by atoms with van der Waals surface area (Å²) in [6, 6.07) is 6.90. The molecule has 6 heteroatoms. The van der Waals surface area contributed by atoms with Gasteiger partial charge in [-0.05, 0) is 56.5 Å². The van der Waals surface area contributed by atoms with Crippen LogP contribution in [-0.4, -0.2) is 49.1 Å². The number of likely N-dealkylation sites (tertiary alicyclic amines) is 1. The van der Waals surface area contributed by atoms with E-state index in [4.69, 9.17) is 0 Å². The number of carbonyl (C=O) groups is 2. The first-order valence-corrected chi connectivity index (χ1v) is 9.27. The normalized spacial score (nSPS) is 18.6. The topological polar surface area (TPSA) is 73.5 Å². The van der Waals surface area contributed by atoms with Gasteiger partial charge in [0.1, 0.15) is 0 Å². The lowest BCUT2D eigenvalue weighted by molar-refractivity contribution is 0.0958. The molecular formula is C20H30N4O2. The summed E-state index contributed by atoms with van der Waals surface area (Å²) in [7, 11) is 0. The van der Waals surface area contributed by atoms with Crippen molar-refractivity contribution in [2.24, 2.45) is 5.92 Å². The van der Waals surface area contributed by atoms with Crippen LogP contribution in [0.3, 0.4) is 0 Å². The number of amides is 3. The molecule has 3 N–H and O–H groups in total. The number of piperidine rings is 1. The van der Waals surface area contributed by atoms with Crippen LogP contribution in [0.1, 0.15) is 37.0 Å². The zero-order valence-electron chi connectivity index (χ0n) is 15.8. The average Bonchev–Trinajstić information content (AvgIpc) is 2.64. The van der Waals surface area contributed by atoms with E-state index < -0.39 is 0 Å². The lowest BCUT2D eigenvalue weighted by Crippen LogP contribution is -2.47. The minimum absolute atomic E-state index is 0.162. The lowest BCUT2D eigenvalue weighted by Gasteiger charge is -2.35. The highest BCUT2D eigenvalue weighted by Crippen LogP contribution is 2.17. The number of carbonyl (C=O) groups excluding carboxylic acids is 2. The molecule has 1 aliphatic heterocycles. The first-order chi connectivity index (χ1) is 12.5. The number of urea groups is 1.